The Morgan fingerprint density at radius 2 is 1.14 bits per heavy atom. The van der Waals surface area contributed by atoms with E-state index in [1.165, 1.54) is 10.4 Å². The number of hydrogen-bond acceptors (Lipinski definition) is 1. The van der Waals surface area contributed by atoms with Crippen molar-refractivity contribution in [2.24, 2.45) is 0 Å². The monoisotopic (exact) mass is 342 g/mol. The van der Waals surface area contributed by atoms with Gasteiger partial charge in [0, 0.05) is 0 Å². The van der Waals surface area contributed by atoms with Gasteiger partial charge in [0.2, 0.25) is 0 Å². The fraction of sp³-hybridized carbons (Fsp3) is 0.368. The van der Waals surface area contributed by atoms with E-state index >= 15 is 0 Å². The van der Waals surface area contributed by atoms with Gasteiger partial charge in [-0.3, -0.25) is 0 Å². The van der Waals surface area contributed by atoms with Crippen LogP contribution in [-0.4, -0.2) is 37.6 Å². The minimum atomic E-state index is -2.07. The summed E-state index contributed by atoms with van der Waals surface area (Å²) >= 11 is -2.07. The van der Waals surface area contributed by atoms with E-state index in [-0.39, 0.29) is 0 Å². The second-order valence-corrected chi connectivity index (χ2v) is 14.1. The molecule has 3 rings (SSSR count). The van der Waals surface area contributed by atoms with Gasteiger partial charge in [-0.2, -0.15) is 0 Å². The van der Waals surface area contributed by atoms with E-state index in [1.807, 2.05) is 0 Å². The molecule has 2 heteroatoms. The van der Waals surface area contributed by atoms with Gasteiger partial charge in [-0.1, -0.05) is 0 Å². The van der Waals surface area contributed by atoms with Crippen molar-refractivity contribution >= 4 is 22.3 Å². The van der Waals surface area contributed by atoms with Gasteiger partial charge in [0.15, 0.2) is 0 Å². The molecule has 1 nitrogen and oxygen atoms in total. The molecule has 2 atom stereocenters. The molecule has 2 aromatic rings. The summed E-state index contributed by atoms with van der Waals surface area (Å²) in [6, 6.07) is 24.0. The van der Waals surface area contributed by atoms with Crippen molar-refractivity contribution in [1.82, 2.24) is 4.90 Å². The first kappa shape index (κ1) is 14.9. The van der Waals surface area contributed by atoms with Crippen LogP contribution in [0.3, 0.4) is 0 Å². The molecular weight excluding hydrogens is 317 g/mol. The molecule has 2 unspecified atom stereocenters. The summed E-state index contributed by atoms with van der Waals surface area (Å²) in [6.07, 6.45) is 0. The van der Waals surface area contributed by atoms with E-state index in [9.17, 15) is 0 Å². The summed E-state index contributed by atoms with van der Waals surface area (Å²) in [6.45, 7) is 4.80. The van der Waals surface area contributed by atoms with Crippen molar-refractivity contribution in [2.45, 2.75) is 36.3 Å². The van der Waals surface area contributed by atoms with Crippen LogP contribution < -0.4 is 8.70 Å². The molecule has 1 aliphatic rings. The zero-order valence-electron chi connectivity index (χ0n) is 13.2. The Bertz CT molecular complexity index is 528. The van der Waals surface area contributed by atoms with Gasteiger partial charge in [0.05, 0.1) is 0 Å². The van der Waals surface area contributed by atoms with Crippen molar-refractivity contribution in [3.05, 3.63) is 60.7 Å². The topological polar surface area (TPSA) is 3.24 Å². The van der Waals surface area contributed by atoms with Gasteiger partial charge in [-0.25, -0.2) is 0 Å². The Kier molecular flexibility index (Phi) is 4.24. The first-order chi connectivity index (χ1) is 10.1. The van der Waals surface area contributed by atoms with E-state index in [4.69, 9.17) is 0 Å². The second-order valence-electron chi connectivity index (χ2n) is 6.37. The van der Waals surface area contributed by atoms with Crippen LogP contribution >= 0.6 is 0 Å². The molecule has 1 fully saturated rings. The summed E-state index contributed by atoms with van der Waals surface area (Å²) < 4.78 is 3.27. The van der Waals surface area contributed by atoms with E-state index in [2.05, 4.69) is 86.5 Å². The third-order valence-electron chi connectivity index (χ3n) is 5.04. The van der Waals surface area contributed by atoms with Crippen LogP contribution in [0.2, 0.25) is 10.4 Å². The summed E-state index contributed by atoms with van der Waals surface area (Å²) in [7, 11) is 2.29. The van der Waals surface area contributed by atoms with Gasteiger partial charge in [-0.05, 0) is 0 Å². The van der Waals surface area contributed by atoms with Crippen molar-refractivity contribution in [1.29, 1.82) is 0 Å². The van der Waals surface area contributed by atoms with Gasteiger partial charge in [0.25, 0.3) is 0 Å². The van der Waals surface area contributed by atoms with Crippen molar-refractivity contribution in [3.8, 4) is 0 Å². The summed E-state index contributed by atoms with van der Waals surface area (Å²) in [4.78, 5) is 2.56. The number of benzene rings is 2. The molecule has 0 bridgehead atoms. The molecular formula is C19H25AsN+. The van der Waals surface area contributed by atoms with Crippen LogP contribution in [0.4, 0.5) is 0 Å². The SMILES string of the molecule is CC1C[As+](c2ccccc2)(c2ccccc2)CC(C)N1C. The zero-order chi connectivity index (χ0) is 14.9. The molecule has 0 spiro atoms. The Morgan fingerprint density at radius 1 is 0.762 bits per heavy atom. The van der Waals surface area contributed by atoms with E-state index in [0.29, 0.717) is 12.1 Å². The first-order valence-corrected chi connectivity index (χ1v) is 12.4. The van der Waals surface area contributed by atoms with Gasteiger partial charge >= 0.3 is 131 Å². The fourth-order valence-electron chi connectivity index (χ4n) is 3.67. The molecule has 0 saturated carbocycles. The Hall–Kier alpha value is -1.04. The zero-order valence-corrected chi connectivity index (χ0v) is 15.1. The fourth-order valence-corrected chi connectivity index (χ4v) is 14.4. The second kappa shape index (κ2) is 5.99. The number of hydrogen-bond donors (Lipinski definition) is 0. The molecule has 1 aliphatic heterocycles. The predicted molar refractivity (Wildman–Crippen MR) is 94.2 cm³/mol. The summed E-state index contributed by atoms with van der Waals surface area (Å²) in [5.41, 5.74) is 0. The van der Waals surface area contributed by atoms with E-state index < -0.39 is 13.6 Å². The molecule has 1 saturated heterocycles. The normalized spacial score (nSPS) is 25.7. The number of nitrogens with zero attached hydrogens (tertiary/aromatic N) is 1. The molecule has 0 aliphatic carbocycles. The Balaban J connectivity index is 2.13. The van der Waals surface area contributed by atoms with E-state index in [0.717, 1.165) is 0 Å². The quantitative estimate of drug-likeness (QED) is 0.759. The molecule has 110 valence electrons. The van der Waals surface area contributed by atoms with Gasteiger partial charge in [0.1, 0.15) is 0 Å². The van der Waals surface area contributed by atoms with E-state index in [1.54, 1.807) is 8.70 Å². The molecule has 0 aromatic heterocycles. The average Bonchev–Trinajstić information content (AvgIpc) is 2.54. The molecule has 21 heavy (non-hydrogen) atoms. The third kappa shape index (κ3) is 2.70. The van der Waals surface area contributed by atoms with Crippen LogP contribution in [0.1, 0.15) is 13.8 Å². The molecule has 0 N–H and O–H groups in total. The molecule has 0 amide bonds. The van der Waals surface area contributed by atoms with Crippen molar-refractivity contribution in [2.75, 3.05) is 7.05 Å². The minimum absolute atomic E-state index is 0.668. The molecule has 1 heterocycles. The van der Waals surface area contributed by atoms with Crippen molar-refractivity contribution in [3.63, 3.8) is 0 Å². The third-order valence-corrected chi connectivity index (χ3v) is 15.3. The van der Waals surface area contributed by atoms with Gasteiger partial charge < -0.3 is 0 Å². The van der Waals surface area contributed by atoms with Crippen LogP contribution in [0, 0.1) is 0 Å². The summed E-state index contributed by atoms with van der Waals surface area (Å²) in [5, 5.41) is 2.71. The first-order valence-electron chi connectivity index (χ1n) is 7.84. The van der Waals surface area contributed by atoms with Crippen LogP contribution in [-0.2, 0) is 0 Å². The van der Waals surface area contributed by atoms with Crippen LogP contribution in [0.25, 0.3) is 0 Å². The van der Waals surface area contributed by atoms with Crippen LogP contribution in [0.5, 0.6) is 0 Å². The van der Waals surface area contributed by atoms with Gasteiger partial charge in [-0.15, -0.1) is 0 Å². The van der Waals surface area contributed by atoms with Crippen LogP contribution in [0.15, 0.2) is 60.7 Å². The molecule has 2 aromatic carbocycles. The Labute approximate surface area is 131 Å². The average molecular weight is 342 g/mol. The summed E-state index contributed by atoms with van der Waals surface area (Å²) in [5.74, 6) is 0. The molecule has 0 radical (unpaired) electrons. The maximum absolute atomic E-state index is 2.56. The van der Waals surface area contributed by atoms with Crippen molar-refractivity contribution < 1.29 is 0 Å². The Morgan fingerprint density at radius 3 is 1.52 bits per heavy atom. The maximum atomic E-state index is 2.56. The standard InChI is InChI=1S/C19H25AsN/c1-16-14-20(15-17(2)21(16)3,18-10-6-4-7-11-18)19-12-8-5-9-13-19/h4-13,16-17H,14-15H2,1-3H3/q+1. The predicted octanol–water partition coefficient (Wildman–Crippen LogP) is 2.97. The number of rotatable bonds is 2.